The van der Waals surface area contributed by atoms with Gasteiger partial charge in [0.05, 0.1) is 12.2 Å². The van der Waals surface area contributed by atoms with Crippen LogP contribution in [0.3, 0.4) is 0 Å². The van der Waals surface area contributed by atoms with Crippen LogP contribution in [0, 0.1) is 13.8 Å². The van der Waals surface area contributed by atoms with E-state index >= 15 is 0 Å². The number of ether oxygens (including phenoxy) is 1. The lowest BCUT2D eigenvalue weighted by Gasteiger charge is -2.09. The zero-order chi connectivity index (χ0) is 19.3. The minimum Gasteiger partial charge on any atom is -0.478 e. The number of Topliss-reactive ketones (excluding diaryl/α,β-unsaturated/α-hetero) is 1. The van der Waals surface area contributed by atoms with Gasteiger partial charge in [-0.25, -0.2) is 4.79 Å². The van der Waals surface area contributed by atoms with Crippen molar-refractivity contribution in [3.63, 3.8) is 0 Å². The Balaban J connectivity index is 2.02. The van der Waals surface area contributed by atoms with Crippen molar-refractivity contribution in [2.24, 2.45) is 0 Å². The quantitative estimate of drug-likeness (QED) is 0.685. The Kier molecular flexibility index (Phi) is 6.65. The number of hydrogen-bond acceptors (Lipinski definition) is 5. The summed E-state index contributed by atoms with van der Waals surface area (Å²) in [5.41, 5.74) is 1.74. The average molecular weight is 375 g/mol. The third-order valence-corrected chi connectivity index (χ3v) is 4.72. The van der Waals surface area contributed by atoms with Gasteiger partial charge in [0.15, 0.2) is 5.78 Å². The molecule has 1 amide bonds. The zero-order valence-corrected chi connectivity index (χ0v) is 15.7. The van der Waals surface area contributed by atoms with Crippen molar-refractivity contribution < 1.29 is 24.2 Å². The second-order valence-electron chi connectivity index (χ2n) is 5.96. The number of carboxylic acid groups (broad SMARTS) is 1. The normalized spacial score (nSPS) is 10.6. The molecule has 0 aliphatic heterocycles. The Morgan fingerprint density at radius 2 is 1.85 bits per heavy atom. The molecule has 0 saturated heterocycles. The monoisotopic (exact) mass is 375 g/mol. The summed E-state index contributed by atoms with van der Waals surface area (Å²) in [5, 5.41) is 11.8. The van der Waals surface area contributed by atoms with Crippen LogP contribution >= 0.6 is 11.3 Å². The number of hydrogen-bond donors (Lipinski definition) is 2. The van der Waals surface area contributed by atoms with Crippen molar-refractivity contribution in [2.75, 3.05) is 12.4 Å². The molecule has 2 aromatic rings. The molecule has 0 radical (unpaired) electrons. The number of thiophene rings is 1. The molecule has 0 fully saturated rings. The van der Waals surface area contributed by atoms with Gasteiger partial charge in [0.1, 0.15) is 0 Å². The third kappa shape index (κ3) is 5.24. The first-order valence-electron chi connectivity index (χ1n) is 8.06. The van der Waals surface area contributed by atoms with E-state index in [1.165, 1.54) is 19.2 Å². The molecule has 7 heteroatoms. The molecular weight excluding hydrogens is 354 g/mol. The third-order valence-electron chi connectivity index (χ3n) is 3.76. The van der Waals surface area contributed by atoms with Gasteiger partial charge < -0.3 is 15.2 Å². The van der Waals surface area contributed by atoms with Crippen LogP contribution < -0.4 is 5.32 Å². The highest BCUT2D eigenvalue weighted by Gasteiger charge is 2.15. The largest absolute Gasteiger partial charge is 0.478 e. The fraction of sp³-hybridized carbons (Fsp3) is 0.316. The van der Waals surface area contributed by atoms with Crippen LogP contribution in [0.2, 0.25) is 0 Å². The van der Waals surface area contributed by atoms with Gasteiger partial charge in [0, 0.05) is 41.0 Å². The summed E-state index contributed by atoms with van der Waals surface area (Å²) in [6.07, 6.45) is 0.135. The molecule has 1 aromatic heterocycles. The van der Waals surface area contributed by atoms with Crippen LogP contribution in [-0.4, -0.2) is 29.9 Å². The number of amides is 1. The first kappa shape index (κ1) is 19.8. The molecule has 2 N–H and O–H groups in total. The van der Waals surface area contributed by atoms with Gasteiger partial charge in [-0.3, -0.25) is 9.59 Å². The van der Waals surface area contributed by atoms with Gasteiger partial charge in [0.25, 0.3) is 0 Å². The lowest BCUT2D eigenvalue weighted by Crippen LogP contribution is -2.14. The first-order chi connectivity index (χ1) is 12.3. The van der Waals surface area contributed by atoms with E-state index in [2.05, 4.69) is 5.32 Å². The number of benzene rings is 1. The standard InChI is InChI=1S/C19H21NO5S/c1-11-6-16(12(2)26-11)17(21)4-5-18(22)20-15-8-13(10-25-3)7-14(9-15)19(23)24/h6-9H,4-5,10H2,1-3H3,(H,20,22)(H,23,24). The van der Waals surface area contributed by atoms with Gasteiger partial charge in [-0.15, -0.1) is 11.3 Å². The van der Waals surface area contributed by atoms with Gasteiger partial charge in [0.2, 0.25) is 5.91 Å². The maximum absolute atomic E-state index is 12.3. The van der Waals surface area contributed by atoms with Gasteiger partial charge in [-0.2, -0.15) is 0 Å². The number of nitrogens with one attached hydrogen (secondary N) is 1. The SMILES string of the molecule is COCc1cc(NC(=O)CCC(=O)c2cc(C)sc2C)cc(C(=O)O)c1. The van der Waals surface area contributed by atoms with Crippen LogP contribution in [0.4, 0.5) is 5.69 Å². The molecule has 1 aromatic carbocycles. The number of ketones is 1. The Morgan fingerprint density at radius 1 is 1.12 bits per heavy atom. The second-order valence-corrected chi connectivity index (χ2v) is 7.42. The zero-order valence-electron chi connectivity index (χ0n) is 14.9. The van der Waals surface area contributed by atoms with E-state index in [-0.39, 0.29) is 36.7 Å². The number of carbonyl (C=O) groups excluding carboxylic acids is 2. The lowest BCUT2D eigenvalue weighted by atomic mass is 10.1. The number of aryl methyl sites for hydroxylation is 2. The molecule has 0 bridgehead atoms. The van der Waals surface area contributed by atoms with Crippen LogP contribution in [0.15, 0.2) is 24.3 Å². The van der Waals surface area contributed by atoms with E-state index < -0.39 is 5.97 Å². The maximum Gasteiger partial charge on any atom is 0.335 e. The Labute approximate surface area is 155 Å². The number of anilines is 1. The number of rotatable bonds is 8. The predicted octanol–water partition coefficient (Wildman–Crippen LogP) is 3.81. The number of carbonyl (C=O) groups is 3. The summed E-state index contributed by atoms with van der Waals surface area (Å²) >= 11 is 1.56. The highest BCUT2D eigenvalue weighted by atomic mass is 32.1. The molecule has 0 spiro atoms. The maximum atomic E-state index is 12.3. The van der Waals surface area contributed by atoms with Gasteiger partial charge in [-0.1, -0.05) is 0 Å². The molecule has 0 unspecified atom stereocenters. The van der Waals surface area contributed by atoms with E-state index in [4.69, 9.17) is 9.84 Å². The highest BCUT2D eigenvalue weighted by Crippen LogP contribution is 2.22. The summed E-state index contributed by atoms with van der Waals surface area (Å²) in [6, 6.07) is 6.37. The molecule has 138 valence electrons. The topological polar surface area (TPSA) is 92.7 Å². The average Bonchev–Trinajstić information content (AvgIpc) is 2.91. The number of methoxy groups -OCH3 is 1. The Hall–Kier alpha value is -2.51. The van der Waals surface area contributed by atoms with E-state index in [0.717, 1.165) is 9.75 Å². The van der Waals surface area contributed by atoms with Crippen molar-refractivity contribution in [1.82, 2.24) is 0 Å². The number of carboxylic acids is 1. The molecule has 1 heterocycles. The predicted molar refractivity (Wildman–Crippen MR) is 100 cm³/mol. The molecule has 0 aliphatic rings. The summed E-state index contributed by atoms with van der Waals surface area (Å²) in [5.74, 6) is -1.49. The number of aromatic carboxylic acids is 1. The van der Waals surface area contributed by atoms with Crippen molar-refractivity contribution in [2.45, 2.75) is 33.3 Å². The molecule has 6 nitrogen and oxygen atoms in total. The molecule has 0 atom stereocenters. The Bertz CT molecular complexity index is 840. The van der Waals surface area contributed by atoms with Crippen molar-refractivity contribution in [3.05, 3.63) is 50.7 Å². The van der Waals surface area contributed by atoms with E-state index in [1.54, 1.807) is 17.4 Å². The minimum absolute atomic E-state index is 0.0318. The molecule has 2 rings (SSSR count). The molecule has 0 saturated carbocycles. The van der Waals surface area contributed by atoms with Gasteiger partial charge >= 0.3 is 5.97 Å². The van der Waals surface area contributed by atoms with Crippen LogP contribution in [0.5, 0.6) is 0 Å². The van der Waals surface area contributed by atoms with Crippen LogP contribution in [0.25, 0.3) is 0 Å². The molecule has 0 aliphatic carbocycles. The molecular formula is C19H21NO5S. The van der Waals surface area contributed by atoms with Crippen molar-refractivity contribution >= 4 is 34.7 Å². The first-order valence-corrected chi connectivity index (χ1v) is 8.88. The summed E-state index contributed by atoms with van der Waals surface area (Å²) in [7, 11) is 1.51. The van der Waals surface area contributed by atoms with Crippen molar-refractivity contribution in [3.8, 4) is 0 Å². The summed E-state index contributed by atoms with van der Waals surface area (Å²) < 4.78 is 5.01. The minimum atomic E-state index is -1.09. The van der Waals surface area contributed by atoms with E-state index in [0.29, 0.717) is 16.8 Å². The molecule has 26 heavy (non-hydrogen) atoms. The van der Waals surface area contributed by atoms with Gasteiger partial charge in [-0.05, 0) is 43.7 Å². The Morgan fingerprint density at radius 3 is 2.42 bits per heavy atom. The highest BCUT2D eigenvalue weighted by molar-refractivity contribution is 7.12. The fourth-order valence-electron chi connectivity index (χ4n) is 2.63. The fourth-order valence-corrected chi connectivity index (χ4v) is 3.57. The smallest absolute Gasteiger partial charge is 0.335 e. The summed E-state index contributed by atoms with van der Waals surface area (Å²) in [6.45, 7) is 4.06. The van der Waals surface area contributed by atoms with E-state index in [1.807, 2.05) is 19.9 Å². The second kappa shape index (κ2) is 8.73. The summed E-state index contributed by atoms with van der Waals surface area (Å²) in [4.78, 5) is 37.6. The lowest BCUT2D eigenvalue weighted by molar-refractivity contribution is -0.116. The van der Waals surface area contributed by atoms with E-state index in [9.17, 15) is 14.4 Å². The van der Waals surface area contributed by atoms with Crippen molar-refractivity contribution in [1.29, 1.82) is 0 Å². The van der Waals surface area contributed by atoms with Crippen LogP contribution in [0.1, 0.15) is 48.9 Å². The van der Waals surface area contributed by atoms with Crippen LogP contribution in [-0.2, 0) is 16.1 Å².